The summed E-state index contributed by atoms with van der Waals surface area (Å²) in [4.78, 5) is 28.4. The van der Waals surface area contributed by atoms with E-state index in [0.717, 1.165) is 58.2 Å². The Balaban J connectivity index is 1.80. The van der Waals surface area contributed by atoms with Gasteiger partial charge in [0, 0.05) is 19.5 Å². The Morgan fingerprint density at radius 2 is 1.91 bits per heavy atom. The van der Waals surface area contributed by atoms with Gasteiger partial charge in [-0.05, 0) is 57.7 Å². The number of hydrogen-bond acceptors (Lipinski definition) is 3. The summed E-state index contributed by atoms with van der Waals surface area (Å²) in [5, 5.41) is 9.60. The molecular weight excluding hydrogens is 292 g/mol. The van der Waals surface area contributed by atoms with E-state index in [2.05, 4.69) is 18.7 Å². The van der Waals surface area contributed by atoms with Crippen LogP contribution in [0.2, 0.25) is 0 Å². The number of carboxylic acid groups (broad SMARTS) is 1. The predicted octanol–water partition coefficient (Wildman–Crippen LogP) is 2.60. The standard InChI is InChI=1S/C18H32N2O3/c1-3-10-19(11-4-2)12-6-8-16(21)20-13-15-7-5-9-18(15,14-20)17(22)23/h15H,3-14H2,1-2H3,(H,22,23)/t15-,18+/m0/s1. The van der Waals surface area contributed by atoms with Crippen LogP contribution in [-0.4, -0.2) is 59.5 Å². The van der Waals surface area contributed by atoms with Crippen LogP contribution in [0.4, 0.5) is 0 Å². The first-order valence-corrected chi connectivity index (χ1v) is 9.27. The SMILES string of the molecule is CCCN(CCC)CCCC(=O)N1C[C@@H]2CCC[C@@]2(C(=O)O)C1. The van der Waals surface area contributed by atoms with Crippen LogP contribution < -0.4 is 0 Å². The van der Waals surface area contributed by atoms with Crippen LogP contribution in [-0.2, 0) is 9.59 Å². The minimum atomic E-state index is -0.702. The number of fused-ring (bicyclic) bond motifs is 1. The zero-order valence-corrected chi connectivity index (χ0v) is 14.7. The van der Waals surface area contributed by atoms with Crippen molar-refractivity contribution in [1.29, 1.82) is 0 Å². The maximum atomic E-state index is 12.5. The van der Waals surface area contributed by atoms with E-state index in [4.69, 9.17) is 0 Å². The van der Waals surface area contributed by atoms with E-state index in [9.17, 15) is 14.7 Å². The van der Waals surface area contributed by atoms with Gasteiger partial charge in [-0.15, -0.1) is 0 Å². The highest BCUT2D eigenvalue weighted by Crippen LogP contribution is 2.48. The average Bonchev–Trinajstić information content (AvgIpc) is 3.05. The van der Waals surface area contributed by atoms with Crippen molar-refractivity contribution in [2.45, 2.75) is 58.8 Å². The number of hydrogen-bond donors (Lipinski definition) is 1. The molecule has 1 saturated heterocycles. The lowest BCUT2D eigenvalue weighted by molar-refractivity contribution is -0.149. The summed E-state index contributed by atoms with van der Waals surface area (Å²) in [6.45, 7) is 8.60. The third kappa shape index (κ3) is 4.06. The lowest BCUT2D eigenvalue weighted by Crippen LogP contribution is -2.37. The van der Waals surface area contributed by atoms with E-state index in [1.807, 2.05) is 4.90 Å². The quantitative estimate of drug-likeness (QED) is 0.708. The summed E-state index contributed by atoms with van der Waals surface area (Å²) in [6, 6.07) is 0. The third-order valence-electron chi connectivity index (χ3n) is 5.59. The first-order valence-electron chi connectivity index (χ1n) is 9.27. The van der Waals surface area contributed by atoms with Gasteiger partial charge in [-0.25, -0.2) is 0 Å². The van der Waals surface area contributed by atoms with E-state index in [1.165, 1.54) is 0 Å². The van der Waals surface area contributed by atoms with Crippen molar-refractivity contribution in [2.24, 2.45) is 11.3 Å². The molecule has 5 heteroatoms. The van der Waals surface area contributed by atoms with Crippen LogP contribution in [0.25, 0.3) is 0 Å². The lowest BCUT2D eigenvalue weighted by atomic mass is 9.81. The second-order valence-corrected chi connectivity index (χ2v) is 7.27. The third-order valence-corrected chi connectivity index (χ3v) is 5.59. The molecule has 0 unspecified atom stereocenters. The molecule has 1 aliphatic carbocycles. The Hall–Kier alpha value is -1.10. The van der Waals surface area contributed by atoms with Gasteiger partial charge in [0.05, 0.1) is 5.41 Å². The summed E-state index contributed by atoms with van der Waals surface area (Å²) < 4.78 is 0. The van der Waals surface area contributed by atoms with Crippen LogP contribution in [0.3, 0.4) is 0 Å². The van der Waals surface area contributed by atoms with E-state index in [0.29, 0.717) is 19.5 Å². The molecule has 0 spiro atoms. The number of nitrogens with zero attached hydrogens (tertiary/aromatic N) is 2. The molecule has 2 fully saturated rings. The molecule has 1 saturated carbocycles. The smallest absolute Gasteiger partial charge is 0.311 e. The van der Waals surface area contributed by atoms with Gasteiger partial charge in [0.15, 0.2) is 0 Å². The van der Waals surface area contributed by atoms with Crippen molar-refractivity contribution in [3.05, 3.63) is 0 Å². The maximum absolute atomic E-state index is 12.5. The summed E-state index contributed by atoms with van der Waals surface area (Å²) in [7, 11) is 0. The van der Waals surface area contributed by atoms with E-state index in [1.54, 1.807) is 0 Å². The lowest BCUT2D eigenvalue weighted by Gasteiger charge is -2.24. The molecule has 1 heterocycles. The molecule has 1 amide bonds. The minimum Gasteiger partial charge on any atom is -0.481 e. The second kappa shape index (κ2) is 8.13. The molecule has 2 rings (SSSR count). The van der Waals surface area contributed by atoms with Gasteiger partial charge in [0.2, 0.25) is 5.91 Å². The van der Waals surface area contributed by atoms with Gasteiger partial charge in [0.1, 0.15) is 0 Å². The number of amides is 1. The number of likely N-dealkylation sites (tertiary alicyclic amines) is 1. The molecule has 0 bridgehead atoms. The maximum Gasteiger partial charge on any atom is 0.311 e. The number of carbonyl (C=O) groups excluding carboxylic acids is 1. The van der Waals surface area contributed by atoms with Crippen LogP contribution in [0.1, 0.15) is 58.8 Å². The van der Waals surface area contributed by atoms with Crippen molar-refractivity contribution in [3.8, 4) is 0 Å². The average molecular weight is 324 g/mol. The van der Waals surface area contributed by atoms with E-state index >= 15 is 0 Å². The zero-order chi connectivity index (χ0) is 16.9. The minimum absolute atomic E-state index is 0.146. The fourth-order valence-corrected chi connectivity index (χ4v) is 4.41. The fraction of sp³-hybridized carbons (Fsp3) is 0.889. The van der Waals surface area contributed by atoms with Gasteiger partial charge in [-0.2, -0.15) is 0 Å². The largest absolute Gasteiger partial charge is 0.481 e. The molecule has 0 aromatic carbocycles. The Labute approximate surface area is 140 Å². The molecule has 2 aliphatic rings. The fourth-order valence-electron chi connectivity index (χ4n) is 4.41. The van der Waals surface area contributed by atoms with Crippen LogP contribution >= 0.6 is 0 Å². The number of carbonyl (C=O) groups is 2. The molecule has 1 N–H and O–H groups in total. The van der Waals surface area contributed by atoms with Gasteiger partial charge >= 0.3 is 5.97 Å². The molecule has 0 radical (unpaired) electrons. The highest BCUT2D eigenvalue weighted by atomic mass is 16.4. The highest BCUT2D eigenvalue weighted by Gasteiger charge is 2.55. The summed E-state index contributed by atoms with van der Waals surface area (Å²) in [5.74, 6) is -0.388. The normalized spacial score (nSPS) is 26.7. The van der Waals surface area contributed by atoms with E-state index < -0.39 is 11.4 Å². The van der Waals surface area contributed by atoms with Crippen LogP contribution in [0.5, 0.6) is 0 Å². The van der Waals surface area contributed by atoms with Gasteiger partial charge in [-0.1, -0.05) is 20.3 Å². The Morgan fingerprint density at radius 1 is 1.22 bits per heavy atom. The molecule has 23 heavy (non-hydrogen) atoms. The van der Waals surface area contributed by atoms with Gasteiger partial charge in [-0.3, -0.25) is 9.59 Å². The molecule has 5 nitrogen and oxygen atoms in total. The second-order valence-electron chi connectivity index (χ2n) is 7.27. The first kappa shape index (κ1) is 18.2. The summed E-state index contributed by atoms with van der Waals surface area (Å²) >= 11 is 0. The van der Waals surface area contributed by atoms with Crippen molar-refractivity contribution >= 4 is 11.9 Å². The van der Waals surface area contributed by atoms with Gasteiger partial charge in [0.25, 0.3) is 0 Å². The van der Waals surface area contributed by atoms with E-state index in [-0.39, 0.29) is 11.8 Å². The van der Waals surface area contributed by atoms with Gasteiger partial charge < -0.3 is 14.9 Å². The Kier molecular flexibility index (Phi) is 6.45. The number of carboxylic acids is 1. The Morgan fingerprint density at radius 3 is 2.48 bits per heavy atom. The summed E-state index contributed by atoms with van der Waals surface area (Å²) in [6.07, 6.45) is 6.38. The summed E-state index contributed by atoms with van der Waals surface area (Å²) in [5.41, 5.74) is -0.647. The number of aliphatic carboxylic acids is 1. The van der Waals surface area contributed by atoms with Crippen molar-refractivity contribution in [3.63, 3.8) is 0 Å². The monoisotopic (exact) mass is 324 g/mol. The van der Waals surface area contributed by atoms with Crippen molar-refractivity contribution in [1.82, 2.24) is 9.80 Å². The Bertz CT molecular complexity index is 420. The molecule has 0 aromatic rings. The van der Waals surface area contributed by atoms with Crippen molar-refractivity contribution < 1.29 is 14.7 Å². The molecule has 132 valence electrons. The molecular formula is C18H32N2O3. The van der Waals surface area contributed by atoms with Crippen molar-refractivity contribution in [2.75, 3.05) is 32.7 Å². The van der Waals surface area contributed by atoms with Crippen LogP contribution in [0, 0.1) is 11.3 Å². The predicted molar refractivity (Wildman–Crippen MR) is 90.2 cm³/mol. The number of rotatable bonds is 9. The topological polar surface area (TPSA) is 60.9 Å². The van der Waals surface area contributed by atoms with Crippen LogP contribution in [0.15, 0.2) is 0 Å². The first-order chi connectivity index (χ1) is 11.0. The molecule has 1 aliphatic heterocycles. The molecule has 0 aromatic heterocycles. The molecule has 2 atom stereocenters. The zero-order valence-electron chi connectivity index (χ0n) is 14.7. The highest BCUT2D eigenvalue weighted by molar-refractivity contribution is 5.81.